The molecule has 28 heavy (non-hydrogen) atoms. The van der Waals surface area contributed by atoms with Crippen molar-refractivity contribution >= 4 is 18.6 Å². The van der Waals surface area contributed by atoms with Gasteiger partial charge >= 0.3 is 59.1 Å². The van der Waals surface area contributed by atoms with E-state index in [0.29, 0.717) is 11.5 Å². The van der Waals surface area contributed by atoms with Gasteiger partial charge in [-0.1, -0.05) is 12.1 Å². The average Bonchev–Trinajstić information content (AvgIpc) is 2.59. The molecule has 9 nitrogen and oxygen atoms in total. The number of benzene rings is 2. The zero-order valence-electron chi connectivity index (χ0n) is 15.7. The number of phosphoric ester groups is 1. The second-order valence-corrected chi connectivity index (χ2v) is 6.87. The minimum atomic E-state index is -5.44. The van der Waals surface area contributed by atoms with E-state index in [2.05, 4.69) is 4.52 Å². The number of aliphatic hydroxyl groups is 2. The number of hydrogen-bond donors (Lipinski definition) is 2. The molecule has 2 N–H and O–H groups in total. The molecule has 1 aliphatic rings. The first-order chi connectivity index (χ1) is 12.3. The van der Waals surface area contributed by atoms with Gasteiger partial charge in [-0.3, -0.25) is 0 Å². The Morgan fingerprint density at radius 2 is 1.68 bits per heavy atom. The molecule has 0 radical (unpaired) electrons. The smallest absolute Gasteiger partial charge is 0.790 e. The van der Waals surface area contributed by atoms with Crippen molar-refractivity contribution in [2.24, 2.45) is 0 Å². The van der Waals surface area contributed by atoms with Crippen molar-refractivity contribution in [1.82, 2.24) is 0 Å². The van der Waals surface area contributed by atoms with Gasteiger partial charge in [0.2, 0.25) is 6.29 Å². The number of aliphatic hydroxyl groups excluding tert-OH is 2. The van der Waals surface area contributed by atoms with E-state index in [-0.39, 0.29) is 65.7 Å². The molecule has 2 aromatic rings. The Morgan fingerprint density at radius 1 is 1.07 bits per heavy atom. The molecule has 4 atom stereocenters. The Labute approximate surface area is 205 Å². The molecule has 0 bridgehead atoms. The topological polar surface area (TPSA) is 141 Å². The van der Waals surface area contributed by atoms with Gasteiger partial charge in [-0.2, -0.15) is 0 Å². The van der Waals surface area contributed by atoms with E-state index in [0.717, 1.165) is 10.8 Å². The van der Waals surface area contributed by atoms with Crippen LogP contribution in [-0.4, -0.2) is 48.5 Å². The van der Waals surface area contributed by atoms with Crippen molar-refractivity contribution in [1.29, 1.82) is 0 Å². The number of rotatable bonds is 5. The molecule has 1 fully saturated rings. The van der Waals surface area contributed by atoms with Crippen molar-refractivity contribution in [3.05, 3.63) is 36.4 Å². The predicted molar refractivity (Wildman–Crippen MR) is 85.4 cm³/mol. The normalized spacial score (nSPS) is 24.8. The summed E-state index contributed by atoms with van der Waals surface area (Å²) in [5.41, 5.74) is 0. The zero-order valence-corrected chi connectivity index (χ0v) is 20.6. The van der Waals surface area contributed by atoms with Crippen molar-refractivity contribution in [3.8, 4) is 11.5 Å². The number of phosphoric acid groups is 1. The molecular weight excluding hydrogens is 413 g/mol. The van der Waals surface area contributed by atoms with Gasteiger partial charge in [0.15, 0.2) is 6.10 Å². The average molecular weight is 430 g/mol. The molecule has 0 unspecified atom stereocenters. The Bertz CT molecular complexity index is 831. The molecular formula is C16H17Na2O9P. The van der Waals surface area contributed by atoms with E-state index in [4.69, 9.17) is 14.2 Å². The fourth-order valence-corrected chi connectivity index (χ4v) is 3.19. The Hall–Kier alpha value is 0.290. The summed E-state index contributed by atoms with van der Waals surface area (Å²) in [5.74, 6) is 0.932. The fourth-order valence-electron chi connectivity index (χ4n) is 2.67. The number of methoxy groups -OCH3 is 1. The van der Waals surface area contributed by atoms with Crippen LogP contribution in [-0.2, 0) is 13.8 Å². The molecule has 2 aromatic carbocycles. The molecule has 1 saturated heterocycles. The van der Waals surface area contributed by atoms with E-state index in [1.165, 1.54) is 7.11 Å². The van der Waals surface area contributed by atoms with Gasteiger partial charge in [0, 0.05) is 0 Å². The van der Waals surface area contributed by atoms with Gasteiger partial charge in [-0.05, 0) is 35.0 Å². The Kier molecular flexibility index (Phi) is 10.4. The summed E-state index contributed by atoms with van der Waals surface area (Å²) in [7, 11) is -3.90. The molecule has 0 aliphatic carbocycles. The Morgan fingerprint density at radius 3 is 2.29 bits per heavy atom. The van der Waals surface area contributed by atoms with Crippen LogP contribution in [0.15, 0.2) is 36.4 Å². The first-order valence-corrected chi connectivity index (χ1v) is 9.15. The monoisotopic (exact) mass is 430 g/mol. The standard InChI is InChI=1S/C16H19O9P.2Na/c1-22-11-4-2-9-3-5-12(7-10(9)6-11)24-16-15(25-26(19,20)21)14(18)13(17)8-23-16;;/h2-7,13-18H,8H2,1H3,(H2,19,20,21);;/q;2*+1/p-2/t13-,14+,15-,16+;;/m1../s1. The van der Waals surface area contributed by atoms with E-state index in [1.54, 1.807) is 30.3 Å². The van der Waals surface area contributed by atoms with Crippen molar-refractivity contribution < 1.29 is 102 Å². The van der Waals surface area contributed by atoms with Gasteiger partial charge < -0.3 is 43.3 Å². The van der Waals surface area contributed by atoms with Gasteiger partial charge in [0.25, 0.3) is 0 Å². The van der Waals surface area contributed by atoms with Crippen LogP contribution < -0.4 is 78.4 Å². The van der Waals surface area contributed by atoms with Crippen molar-refractivity contribution in [2.75, 3.05) is 13.7 Å². The van der Waals surface area contributed by atoms with Gasteiger partial charge in [0.1, 0.15) is 23.7 Å². The van der Waals surface area contributed by atoms with Crippen LogP contribution in [0, 0.1) is 0 Å². The van der Waals surface area contributed by atoms with Crippen LogP contribution in [0.1, 0.15) is 0 Å². The molecule has 0 saturated carbocycles. The summed E-state index contributed by atoms with van der Waals surface area (Å²) in [6.07, 6.45) is -6.16. The molecule has 142 valence electrons. The third-order valence-electron chi connectivity index (χ3n) is 3.95. The first kappa shape index (κ1) is 26.3. The third kappa shape index (κ3) is 6.65. The maximum absolute atomic E-state index is 10.9. The van der Waals surface area contributed by atoms with Crippen LogP contribution in [0.2, 0.25) is 0 Å². The SMILES string of the molecule is COc1ccc2ccc(O[C@@H]3OC[C@@H](O)[C@H](O)[C@H]3OP(=O)([O-])[O-])cc2c1.[Na+].[Na+]. The molecule has 3 rings (SSSR count). The van der Waals surface area contributed by atoms with Gasteiger partial charge in [-0.25, -0.2) is 0 Å². The largest absolute Gasteiger partial charge is 1.00 e. The maximum Gasteiger partial charge on any atom is 1.00 e. The second-order valence-electron chi connectivity index (χ2n) is 5.77. The minimum Gasteiger partial charge on any atom is -0.790 e. The third-order valence-corrected chi connectivity index (χ3v) is 4.45. The zero-order chi connectivity index (χ0) is 18.9. The van der Waals surface area contributed by atoms with Crippen LogP contribution in [0.5, 0.6) is 11.5 Å². The summed E-state index contributed by atoms with van der Waals surface area (Å²) in [6.45, 7) is -0.310. The Balaban J connectivity index is 0.00000196. The molecule has 1 heterocycles. The summed E-state index contributed by atoms with van der Waals surface area (Å²) in [5, 5.41) is 21.2. The van der Waals surface area contributed by atoms with Crippen LogP contribution in [0.3, 0.4) is 0 Å². The minimum absolute atomic E-state index is 0. The number of ether oxygens (including phenoxy) is 3. The molecule has 0 spiro atoms. The summed E-state index contributed by atoms with van der Waals surface area (Å²) >= 11 is 0. The summed E-state index contributed by atoms with van der Waals surface area (Å²) in [6, 6.07) is 10.5. The van der Waals surface area contributed by atoms with E-state index >= 15 is 0 Å². The van der Waals surface area contributed by atoms with E-state index < -0.39 is 32.4 Å². The predicted octanol–water partition coefficient (Wildman–Crippen LogP) is -6.47. The molecule has 12 heteroatoms. The number of fused-ring (bicyclic) bond motifs is 1. The van der Waals surface area contributed by atoms with Crippen molar-refractivity contribution in [3.63, 3.8) is 0 Å². The van der Waals surface area contributed by atoms with Crippen LogP contribution in [0.25, 0.3) is 10.8 Å². The van der Waals surface area contributed by atoms with Gasteiger partial charge in [0.05, 0.1) is 21.5 Å². The quantitative estimate of drug-likeness (QED) is 0.350. The molecule has 0 amide bonds. The van der Waals surface area contributed by atoms with Gasteiger partial charge in [-0.15, -0.1) is 0 Å². The van der Waals surface area contributed by atoms with Crippen LogP contribution >= 0.6 is 7.82 Å². The molecule has 0 aromatic heterocycles. The summed E-state index contributed by atoms with van der Waals surface area (Å²) in [4.78, 5) is 21.9. The fraction of sp³-hybridized carbons (Fsp3) is 0.375. The maximum atomic E-state index is 10.9. The second kappa shape index (κ2) is 11.1. The van der Waals surface area contributed by atoms with Crippen LogP contribution in [0.4, 0.5) is 0 Å². The van der Waals surface area contributed by atoms with E-state index in [9.17, 15) is 24.6 Å². The number of hydrogen-bond acceptors (Lipinski definition) is 9. The van der Waals surface area contributed by atoms with E-state index in [1.807, 2.05) is 6.07 Å². The summed E-state index contributed by atoms with van der Waals surface area (Å²) < 4.78 is 31.2. The first-order valence-electron chi connectivity index (χ1n) is 7.69. The van der Waals surface area contributed by atoms with Crippen molar-refractivity contribution in [2.45, 2.75) is 24.6 Å². The molecule has 1 aliphatic heterocycles.